The van der Waals surface area contributed by atoms with Gasteiger partial charge in [-0.05, 0) is 81.1 Å². The molecule has 10 heteroatoms. The van der Waals surface area contributed by atoms with Crippen molar-refractivity contribution in [3.05, 3.63) is 83.4 Å². The Morgan fingerprint density at radius 1 is 0.837 bits per heavy atom. The van der Waals surface area contributed by atoms with E-state index in [1.807, 2.05) is 36.2 Å². The van der Waals surface area contributed by atoms with Gasteiger partial charge in [0.2, 0.25) is 5.91 Å². The third kappa shape index (κ3) is 10.7. The molecule has 0 spiro atoms. The maximum Gasteiger partial charge on any atom is 0.414 e. The number of aliphatic carboxylic acids is 2. The Morgan fingerprint density at radius 3 is 2.22 bits per heavy atom. The lowest BCUT2D eigenvalue weighted by Crippen LogP contribution is -2.50. The molecule has 0 fully saturated rings. The summed E-state index contributed by atoms with van der Waals surface area (Å²) in [6.07, 6.45) is 9.02. The number of likely N-dealkylation sites (N-methyl/N-ethyl adjacent to an activating group) is 2. The molecule has 1 heterocycles. The molecule has 0 bridgehead atoms. The van der Waals surface area contributed by atoms with E-state index in [0.29, 0.717) is 13.0 Å². The first kappa shape index (κ1) is 38.9. The number of nitrogens with zero attached hydrogens (tertiary/aromatic N) is 2. The monoisotopic (exact) mass is 676 g/mol. The summed E-state index contributed by atoms with van der Waals surface area (Å²) in [5.41, 5.74) is 3.90. The van der Waals surface area contributed by atoms with E-state index in [9.17, 15) is 4.79 Å². The Bertz CT molecular complexity index is 1510. The van der Waals surface area contributed by atoms with Crippen molar-refractivity contribution in [1.29, 1.82) is 0 Å². The summed E-state index contributed by atoms with van der Waals surface area (Å²) in [4.78, 5) is 36.6. The lowest BCUT2D eigenvalue weighted by molar-refractivity contribution is -0.159. The minimum atomic E-state index is -1.82. The van der Waals surface area contributed by atoms with E-state index in [4.69, 9.17) is 34.0 Å². The normalized spacial score (nSPS) is 15.2. The number of amides is 1. The van der Waals surface area contributed by atoms with Gasteiger partial charge >= 0.3 is 11.9 Å². The lowest BCUT2D eigenvalue weighted by atomic mass is 9.68. The second-order valence-electron chi connectivity index (χ2n) is 12.5. The highest BCUT2D eigenvalue weighted by Crippen LogP contribution is 2.46. The molecule has 1 amide bonds. The van der Waals surface area contributed by atoms with Gasteiger partial charge in [-0.3, -0.25) is 4.79 Å². The van der Waals surface area contributed by atoms with E-state index in [1.165, 1.54) is 24.0 Å². The highest BCUT2D eigenvalue weighted by Gasteiger charge is 2.47. The molecule has 3 aromatic rings. The maximum absolute atomic E-state index is 14.2. The first-order chi connectivity index (χ1) is 23.6. The molecule has 1 aliphatic heterocycles. The number of hydrogen-bond donors (Lipinski definition) is 2. The zero-order valence-corrected chi connectivity index (χ0v) is 29.6. The van der Waals surface area contributed by atoms with Crippen molar-refractivity contribution in [3.63, 3.8) is 0 Å². The average molecular weight is 677 g/mol. The summed E-state index contributed by atoms with van der Waals surface area (Å²) in [6, 6.07) is 22.7. The standard InChI is InChI=1S/C37H50N2O4.C2H2O4/c1-6-7-8-13-23-37(28-30-16-9-11-18-32(30)39(3)36(37)40)31-17-10-12-19-33(31)43-26-15-14-24-38(2)25-22-29-20-21-34(41-4)35(27-29)42-5;3-1(4)2(5)6/h9-12,16-21,27H,6-8,13-15,22-26,28H2,1-5H3;(H,3,4)(H,5,6). The van der Waals surface area contributed by atoms with Crippen molar-refractivity contribution in [1.82, 2.24) is 4.90 Å². The number of carbonyl (C=O) groups excluding carboxylic acids is 1. The molecule has 4 rings (SSSR count). The molecule has 266 valence electrons. The molecule has 1 atom stereocenters. The van der Waals surface area contributed by atoms with Crippen molar-refractivity contribution in [2.24, 2.45) is 0 Å². The fourth-order valence-electron chi connectivity index (χ4n) is 6.33. The van der Waals surface area contributed by atoms with Gasteiger partial charge in [0.25, 0.3) is 0 Å². The summed E-state index contributed by atoms with van der Waals surface area (Å²) in [7, 11) is 7.42. The third-order valence-electron chi connectivity index (χ3n) is 9.02. The van der Waals surface area contributed by atoms with Crippen molar-refractivity contribution >= 4 is 23.5 Å². The first-order valence-corrected chi connectivity index (χ1v) is 17.0. The highest BCUT2D eigenvalue weighted by atomic mass is 16.5. The number of anilines is 1. The van der Waals surface area contributed by atoms with Crippen molar-refractivity contribution < 1.29 is 38.8 Å². The van der Waals surface area contributed by atoms with Gasteiger partial charge in [0.1, 0.15) is 5.75 Å². The Hall–Kier alpha value is -4.57. The van der Waals surface area contributed by atoms with E-state index in [0.717, 1.165) is 80.1 Å². The Kier molecular flexibility index (Phi) is 15.4. The van der Waals surface area contributed by atoms with Gasteiger partial charge in [0, 0.05) is 24.8 Å². The van der Waals surface area contributed by atoms with Gasteiger partial charge in [-0.1, -0.05) is 75.1 Å². The Labute approximate surface area is 290 Å². The number of methoxy groups -OCH3 is 2. The molecule has 1 unspecified atom stereocenters. The number of unbranched alkanes of at least 4 members (excludes halogenated alkanes) is 4. The molecular formula is C39H52N2O8. The fraction of sp³-hybridized carbons (Fsp3) is 0.462. The number of rotatable bonds is 17. The van der Waals surface area contributed by atoms with Gasteiger partial charge in [0.05, 0.1) is 26.2 Å². The molecule has 0 saturated heterocycles. The molecule has 3 aromatic carbocycles. The number of fused-ring (bicyclic) bond motifs is 1. The minimum absolute atomic E-state index is 0.176. The summed E-state index contributed by atoms with van der Waals surface area (Å²) in [5.74, 6) is -1.09. The van der Waals surface area contributed by atoms with Crippen LogP contribution in [0.1, 0.15) is 68.6 Å². The molecule has 0 aliphatic carbocycles. The second kappa shape index (κ2) is 19.4. The summed E-state index contributed by atoms with van der Waals surface area (Å²) in [6.45, 7) is 4.83. The third-order valence-corrected chi connectivity index (χ3v) is 9.02. The first-order valence-electron chi connectivity index (χ1n) is 17.0. The lowest BCUT2D eigenvalue weighted by Gasteiger charge is -2.42. The molecule has 1 aliphatic rings. The van der Waals surface area contributed by atoms with Crippen LogP contribution in [-0.2, 0) is 32.6 Å². The predicted molar refractivity (Wildman–Crippen MR) is 191 cm³/mol. The van der Waals surface area contributed by atoms with Crippen LogP contribution in [0.2, 0.25) is 0 Å². The van der Waals surface area contributed by atoms with Crippen LogP contribution in [0.4, 0.5) is 5.69 Å². The molecular weight excluding hydrogens is 624 g/mol. The van der Waals surface area contributed by atoms with Crippen LogP contribution in [-0.4, -0.2) is 81.0 Å². The summed E-state index contributed by atoms with van der Waals surface area (Å²) in [5, 5.41) is 14.8. The maximum atomic E-state index is 14.2. The van der Waals surface area contributed by atoms with E-state index in [1.54, 1.807) is 14.2 Å². The number of carbonyl (C=O) groups is 3. The number of ether oxygens (including phenoxy) is 3. The highest BCUT2D eigenvalue weighted by molar-refractivity contribution is 6.27. The molecule has 0 radical (unpaired) electrons. The number of para-hydroxylation sites is 2. The molecule has 0 saturated carbocycles. The van der Waals surface area contributed by atoms with Crippen LogP contribution in [0.15, 0.2) is 66.7 Å². The van der Waals surface area contributed by atoms with Gasteiger partial charge in [-0.2, -0.15) is 0 Å². The number of benzene rings is 3. The molecule has 0 aromatic heterocycles. The van der Waals surface area contributed by atoms with Crippen LogP contribution in [0.3, 0.4) is 0 Å². The molecule has 2 N–H and O–H groups in total. The van der Waals surface area contributed by atoms with Crippen molar-refractivity contribution in [3.8, 4) is 17.2 Å². The van der Waals surface area contributed by atoms with Gasteiger partial charge in [-0.15, -0.1) is 0 Å². The zero-order chi connectivity index (χ0) is 35.8. The SMILES string of the molecule is CCCCCCC1(c2ccccc2OCCCCN(C)CCc2ccc(OC)c(OC)c2)Cc2ccccc2N(C)C1=O.O=C(O)C(=O)O. The van der Waals surface area contributed by atoms with Gasteiger partial charge in [-0.25, -0.2) is 9.59 Å². The average Bonchev–Trinajstić information content (AvgIpc) is 3.11. The topological polar surface area (TPSA) is 126 Å². The van der Waals surface area contributed by atoms with Crippen molar-refractivity contribution in [2.45, 2.75) is 70.1 Å². The van der Waals surface area contributed by atoms with Crippen LogP contribution in [0.25, 0.3) is 0 Å². The van der Waals surface area contributed by atoms with Crippen LogP contribution < -0.4 is 19.1 Å². The van der Waals surface area contributed by atoms with E-state index < -0.39 is 17.4 Å². The van der Waals surface area contributed by atoms with E-state index in [2.05, 4.69) is 61.3 Å². The summed E-state index contributed by atoms with van der Waals surface area (Å²) >= 11 is 0. The largest absolute Gasteiger partial charge is 0.493 e. The summed E-state index contributed by atoms with van der Waals surface area (Å²) < 4.78 is 17.3. The number of carboxylic acid groups (broad SMARTS) is 2. The van der Waals surface area contributed by atoms with Crippen LogP contribution >= 0.6 is 0 Å². The van der Waals surface area contributed by atoms with Crippen LogP contribution in [0.5, 0.6) is 17.2 Å². The van der Waals surface area contributed by atoms with E-state index in [-0.39, 0.29) is 5.91 Å². The smallest absolute Gasteiger partial charge is 0.414 e. The van der Waals surface area contributed by atoms with Crippen LogP contribution in [0, 0.1) is 0 Å². The minimum Gasteiger partial charge on any atom is -0.493 e. The van der Waals surface area contributed by atoms with Gasteiger partial charge in [0.15, 0.2) is 11.5 Å². The second-order valence-corrected chi connectivity index (χ2v) is 12.5. The Morgan fingerprint density at radius 2 is 1.53 bits per heavy atom. The Balaban J connectivity index is 0.000000992. The zero-order valence-electron chi connectivity index (χ0n) is 29.6. The van der Waals surface area contributed by atoms with E-state index >= 15 is 0 Å². The molecule has 10 nitrogen and oxygen atoms in total. The number of hydrogen-bond acceptors (Lipinski definition) is 7. The van der Waals surface area contributed by atoms with Crippen molar-refractivity contribution in [2.75, 3.05) is 52.9 Å². The molecule has 49 heavy (non-hydrogen) atoms. The number of carboxylic acids is 2. The fourth-order valence-corrected chi connectivity index (χ4v) is 6.33. The predicted octanol–water partition coefficient (Wildman–Crippen LogP) is 6.62. The van der Waals surface area contributed by atoms with Gasteiger partial charge < -0.3 is 34.2 Å². The quantitative estimate of drug-likeness (QED) is 0.120.